The molecule has 1 aromatic carbocycles. The molecule has 0 radical (unpaired) electrons. The lowest BCUT2D eigenvalue weighted by molar-refractivity contribution is 0.0102. The maximum atomic E-state index is 13.7. The number of nitrogens with one attached hydrogen (secondary N) is 1. The van der Waals surface area contributed by atoms with Crippen molar-refractivity contribution < 1.29 is 13.9 Å². The van der Waals surface area contributed by atoms with Gasteiger partial charge in [-0.15, -0.1) is 0 Å². The molecule has 2 heterocycles. The molecule has 1 N–H and O–H groups in total. The van der Waals surface area contributed by atoms with Crippen LogP contribution >= 0.6 is 0 Å². The first-order chi connectivity index (χ1) is 12.9. The van der Waals surface area contributed by atoms with Crippen LogP contribution in [-0.2, 0) is 4.74 Å². The Hall–Kier alpha value is -1.50. The van der Waals surface area contributed by atoms with Crippen LogP contribution in [0, 0.1) is 12.7 Å². The number of piperidine rings is 1. The van der Waals surface area contributed by atoms with E-state index in [0.29, 0.717) is 11.6 Å². The number of aryl methyl sites for hydroxylation is 1. The molecule has 150 valence electrons. The largest absolute Gasteiger partial charge is 0.379 e. The quantitative estimate of drug-likeness (QED) is 0.856. The van der Waals surface area contributed by atoms with Crippen molar-refractivity contribution >= 4 is 5.91 Å². The first kappa shape index (κ1) is 20.2. The second-order valence-corrected chi connectivity index (χ2v) is 8.21. The number of ether oxygens (including phenoxy) is 1. The van der Waals surface area contributed by atoms with Crippen molar-refractivity contribution in [2.75, 3.05) is 45.9 Å². The Balaban J connectivity index is 1.77. The predicted molar refractivity (Wildman–Crippen MR) is 105 cm³/mol. The molecule has 0 unspecified atom stereocenters. The minimum Gasteiger partial charge on any atom is -0.379 e. The Kier molecular flexibility index (Phi) is 6.50. The van der Waals surface area contributed by atoms with Gasteiger partial charge in [0.1, 0.15) is 5.82 Å². The molecule has 27 heavy (non-hydrogen) atoms. The third kappa shape index (κ3) is 5.06. The number of rotatable bonds is 5. The summed E-state index contributed by atoms with van der Waals surface area (Å²) in [6.45, 7) is 12.3. The van der Waals surface area contributed by atoms with Gasteiger partial charge in [0.2, 0.25) is 0 Å². The van der Waals surface area contributed by atoms with Crippen molar-refractivity contribution in [3.05, 3.63) is 35.1 Å². The van der Waals surface area contributed by atoms with Gasteiger partial charge in [-0.25, -0.2) is 4.39 Å². The van der Waals surface area contributed by atoms with Crippen LogP contribution < -0.4 is 5.32 Å². The van der Waals surface area contributed by atoms with Crippen molar-refractivity contribution in [2.24, 2.45) is 0 Å². The molecule has 0 aromatic heterocycles. The fourth-order valence-corrected chi connectivity index (χ4v) is 4.13. The Labute approximate surface area is 161 Å². The van der Waals surface area contributed by atoms with E-state index in [4.69, 9.17) is 4.74 Å². The van der Waals surface area contributed by atoms with E-state index in [1.54, 1.807) is 6.07 Å². The summed E-state index contributed by atoms with van der Waals surface area (Å²) < 4.78 is 19.2. The van der Waals surface area contributed by atoms with Crippen molar-refractivity contribution in [3.8, 4) is 0 Å². The summed E-state index contributed by atoms with van der Waals surface area (Å²) in [7, 11) is 0. The molecule has 0 spiro atoms. The number of nitrogens with zero attached hydrogens (tertiary/aromatic N) is 2. The summed E-state index contributed by atoms with van der Waals surface area (Å²) in [5, 5.41) is 3.31. The lowest BCUT2D eigenvalue weighted by Gasteiger charge is -2.46. The molecule has 1 amide bonds. The van der Waals surface area contributed by atoms with Crippen molar-refractivity contribution in [2.45, 2.75) is 45.2 Å². The van der Waals surface area contributed by atoms with Gasteiger partial charge in [0, 0.05) is 44.3 Å². The van der Waals surface area contributed by atoms with Gasteiger partial charge in [-0.1, -0.05) is 6.07 Å². The van der Waals surface area contributed by atoms with Crippen LogP contribution in [0.25, 0.3) is 0 Å². The number of hydrogen-bond acceptors (Lipinski definition) is 4. The molecule has 6 heteroatoms. The number of morpholine rings is 1. The van der Waals surface area contributed by atoms with Crippen LogP contribution in [0.15, 0.2) is 18.2 Å². The Morgan fingerprint density at radius 2 is 1.89 bits per heavy atom. The van der Waals surface area contributed by atoms with Gasteiger partial charge in [-0.3, -0.25) is 9.69 Å². The molecular formula is C21H32FN3O2. The zero-order chi connectivity index (χ0) is 19.4. The SMILES string of the molecule is Cc1ccc(F)cc1C(=O)NC1(CN2CCOCC2)CCN(C(C)C)CC1. The number of halogens is 1. The van der Waals surface area contributed by atoms with Gasteiger partial charge in [0.05, 0.1) is 18.8 Å². The topological polar surface area (TPSA) is 44.8 Å². The van der Waals surface area contributed by atoms with E-state index in [0.717, 1.165) is 64.3 Å². The molecule has 0 saturated carbocycles. The highest BCUT2D eigenvalue weighted by Crippen LogP contribution is 2.26. The van der Waals surface area contributed by atoms with Crippen LogP contribution in [-0.4, -0.2) is 73.2 Å². The lowest BCUT2D eigenvalue weighted by atomic mass is 9.85. The molecule has 5 nitrogen and oxygen atoms in total. The smallest absolute Gasteiger partial charge is 0.252 e. The molecule has 1 aromatic rings. The van der Waals surface area contributed by atoms with E-state index in [-0.39, 0.29) is 17.3 Å². The van der Waals surface area contributed by atoms with Gasteiger partial charge < -0.3 is 15.0 Å². The van der Waals surface area contributed by atoms with Crippen molar-refractivity contribution in [3.63, 3.8) is 0 Å². The maximum Gasteiger partial charge on any atom is 0.252 e. The van der Waals surface area contributed by atoms with Gasteiger partial charge in [0.25, 0.3) is 5.91 Å². The van der Waals surface area contributed by atoms with E-state index in [2.05, 4.69) is 29.0 Å². The molecule has 0 bridgehead atoms. The average molecular weight is 378 g/mol. The summed E-state index contributed by atoms with van der Waals surface area (Å²) in [5.41, 5.74) is 0.955. The highest BCUT2D eigenvalue weighted by molar-refractivity contribution is 5.96. The van der Waals surface area contributed by atoms with Crippen LogP contribution in [0.1, 0.15) is 42.6 Å². The number of carbonyl (C=O) groups is 1. The minimum absolute atomic E-state index is 0.168. The average Bonchev–Trinajstić information content (AvgIpc) is 2.64. The summed E-state index contributed by atoms with van der Waals surface area (Å²) >= 11 is 0. The molecular weight excluding hydrogens is 345 g/mol. The van der Waals surface area contributed by atoms with Gasteiger partial charge in [0.15, 0.2) is 0 Å². The van der Waals surface area contributed by atoms with Gasteiger partial charge in [-0.05, 0) is 51.3 Å². The summed E-state index contributed by atoms with van der Waals surface area (Å²) in [6.07, 6.45) is 1.81. The van der Waals surface area contributed by atoms with Crippen molar-refractivity contribution in [1.82, 2.24) is 15.1 Å². The maximum absolute atomic E-state index is 13.7. The summed E-state index contributed by atoms with van der Waals surface area (Å²) in [5.74, 6) is -0.541. The molecule has 2 saturated heterocycles. The van der Waals surface area contributed by atoms with E-state index < -0.39 is 0 Å². The highest BCUT2D eigenvalue weighted by atomic mass is 19.1. The molecule has 3 rings (SSSR count). The first-order valence-electron chi connectivity index (χ1n) is 10.0. The fraction of sp³-hybridized carbons (Fsp3) is 0.667. The highest BCUT2D eigenvalue weighted by Gasteiger charge is 2.38. The van der Waals surface area contributed by atoms with Gasteiger partial charge in [-0.2, -0.15) is 0 Å². The summed E-state index contributed by atoms with van der Waals surface area (Å²) in [6, 6.07) is 4.92. The predicted octanol–water partition coefficient (Wildman–Crippen LogP) is 2.44. The first-order valence-corrected chi connectivity index (χ1v) is 10.0. The van der Waals surface area contributed by atoms with Crippen LogP contribution in [0.3, 0.4) is 0 Å². The zero-order valence-electron chi connectivity index (χ0n) is 16.8. The Bertz CT molecular complexity index is 651. The van der Waals surface area contributed by atoms with Crippen molar-refractivity contribution in [1.29, 1.82) is 0 Å². The van der Waals surface area contributed by atoms with Crippen LogP contribution in [0.2, 0.25) is 0 Å². The third-order valence-electron chi connectivity index (χ3n) is 5.94. The number of hydrogen-bond donors (Lipinski definition) is 1. The fourth-order valence-electron chi connectivity index (χ4n) is 4.13. The lowest BCUT2D eigenvalue weighted by Crippen LogP contribution is -2.62. The van der Waals surface area contributed by atoms with E-state index >= 15 is 0 Å². The zero-order valence-corrected chi connectivity index (χ0v) is 16.8. The van der Waals surface area contributed by atoms with Gasteiger partial charge >= 0.3 is 0 Å². The summed E-state index contributed by atoms with van der Waals surface area (Å²) in [4.78, 5) is 17.9. The number of benzene rings is 1. The second-order valence-electron chi connectivity index (χ2n) is 8.21. The van der Waals surface area contributed by atoms with Crippen LogP contribution in [0.5, 0.6) is 0 Å². The monoisotopic (exact) mass is 377 g/mol. The van der Waals surface area contributed by atoms with Crippen LogP contribution in [0.4, 0.5) is 4.39 Å². The number of amides is 1. The Morgan fingerprint density at radius 1 is 1.22 bits per heavy atom. The molecule has 0 aliphatic carbocycles. The molecule has 0 atom stereocenters. The molecule has 2 aliphatic rings. The third-order valence-corrected chi connectivity index (χ3v) is 5.94. The molecule has 2 aliphatic heterocycles. The van der Waals surface area contributed by atoms with E-state index in [9.17, 15) is 9.18 Å². The van der Waals surface area contributed by atoms with E-state index in [1.807, 2.05) is 6.92 Å². The number of likely N-dealkylation sites (tertiary alicyclic amines) is 1. The Morgan fingerprint density at radius 3 is 2.52 bits per heavy atom. The molecule has 2 fully saturated rings. The van der Waals surface area contributed by atoms with E-state index in [1.165, 1.54) is 12.1 Å². The standard InChI is InChI=1S/C21H32FN3O2/c1-16(2)25-8-6-21(7-9-25,15-24-10-12-27-13-11-24)23-20(26)19-14-18(22)5-4-17(19)3/h4-5,14,16H,6-13,15H2,1-3H3,(H,23,26). The number of carbonyl (C=O) groups excluding carboxylic acids is 1. The second kappa shape index (κ2) is 8.67. The normalized spacial score (nSPS) is 21.4. The minimum atomic E-state index is -0.373.